The van der Waals surface area contributed by atoms with Crippen molar-refractivity contribution in [3.63, 3.8) is 0 Å². The van der Waals surface area contributed by atoms with E-state index in [0.29, 0.717) is 0 Å². The van der Waals surface area contributed by atoms with Crippen molar-refractivity contribution in [1.82, 2.24) is 0 Å². The highest BCUT2D eigenvalue weighted by atomic mass is 15.1. The summed E-state index contributed by atoms with van der Waals surface area (Å²) < 4.78 is 0. The third-order valence-electron chi connectivity index (χ3n) is 10.2. The minimum atomic E-state index is -0.176. The first-order chi connectivity index (χ1) is 23.6. The lowest BCUT2D eigenvalue weighted by Gasteiger charge is -2.29. The third-order valence-corrected chi connectivity index (χ3v) is 10.2. The summed E-state index contributed by atoms with van der Waals surface area (Å²) in [7, 11) is 0. The smallest absolute Gasteiger partial charge is 0.0540 e. The number of hydrogen-bond acceptors (Lipinski definition) is 1. The molecule has 0 saturated heterocycles. The van der Waals surface area contributed by atoms with Crippen molar-refractivity contribution in [1.29, 1.82) is 0 Å². The summed E-state index contributed by atoms with van der Waals surface area (Å²) in [5.41, 5.74) is 13.6. The largest absolute Gasteiger partial charge is 0.310 e. The third kappa shape index (κ3) is 4.47. The number of rotatable bonds is 5. The Morgan fingerprint density at radius 2 is 0.979 bits per heavy atom. The van der Waals surface area contributed by atoms with Crippen LogP contribution in [0.4, 0.5) is 17.1 Å². The molecule has 0 aliphatic heterocycles. The molecule has 0 N–H and O–H groups in total. The molecule has 9 rings (SSSR count). The predicted octanol–water partition coefficient (Wildman–Crippen LogP) is 13.1. The van der Waals surface area contributed by atoms with Gasteiger partial charge in [0.25, 0.3) is 0 Å². The van der Waals surface area contributed by atoms with Crippen LogP contribution in [-0.4, -0.2) is 0 Å². The molecule has 48 heavy (non-hydrogen) atoms. The summed E-state index contributed by atoms with van der Waals surface area (Å²) in [5.74, 6) is 0. The summed E-state index contributed by atoms with van der Waals surface area (Å²) in [6.07, 6.45) is 0. The first kappa shape index (κ1) is 28.3. The maximum absolute atomic E-state index is 2.45. The second-order valence-corrected chi connectivity index (χ2v) is 13.4. The van der Waals surface area contributed by atoms with Crippen LogP contribution < -0.4 is 4.90 Å². The molecule has 8 aromatic carbocycles. The number of nitrogens with zero attached hydrogens (tertiary/aromatic N) is 1. The molecule has 1 aliphatic rings. The van der Waals surface area contributed by atoms with Gasteiger partial charge in [0.1, 0.15) is 0 Å². The minimum absolute atomic E-state index is 0.176. The van der Waals surface area contributed by atoms with Gasteiger partial charge in [-0.3, -0.25) is 0 Å². The molecule has 0 spiro atoms. The molecule has 0 heterocycles. The predicted molar refractivity (Wildman–Crippen MR) is 205 cm³/mol. The molecule has 1 heteroatoms. The van der Waals surface area contributed by atoms with Crippen LogP contribution in [-0.2, 0) is 5.41 Å². The van der Waals surface area contributed by atoms with Crippen LogP contribution in [0.1, 0.15) is 25.0 Å². The molecule has 0 fully saturated rings. The molecule has 0 atom stereocenters. The van der Waals surface area contributed by atoms with Crippen LogP contribution in [0, 0.1) is 0 Å². The van der Waals surface area contributed by atoms with Crippen molar-refractivity contribution in [3.8, 4) is 33.4 Å². The molecule has 1 nitrogen and oxygen atoms in total. The molecular formula is C47H35N. The van der Waals surface area contributed by atoms with Crippen molar-refractivity contribution in [2.75, 3.05) is 4.90 Å². The van der Waals surface area contributed by atoms with Crippen LogP contribution in [0.5, 0.6) is 0 Å². The summed E-state index contributed by atoms with van der Waals surface area (Å²) in [4.78, 5) is 2.41. The fourth-order valence-electron chi connectivity index (χ4n) is 7.86. The standard InChI is InChI=1S/C47H35N/c1-47(2)44-30-34(43-29-33-17-9-10-20-37(33)39-22-11-12-23-40(39)43)25-27-41(44)42-28-26-36(31-45(42)47)48(35-18-7-4-8-19-35)46-24-14-13-21-38(46)32-15-5-3-6-16-32/h3-31H,1-2H3. The van der Waals surface area contributed by atoms with Crippen LogP contribution in [0.15, 0.2) is 176 Å². The van der Waals surface area contributed by atoms with E-state index in [0.717, 1.165) is 17.1 Å². The Bertz CT molecular complexity index is 2470. The van der Waals surface area contributed by atoms with Crippen molar-refractivity contribution in [2.24, 2.45) is 0 Å². The van der Waals surface area contributed by atoms with Gasteiger partial charge in [0, 0.05) is 22.4 Å². The topological polar surface area (TPSA) is 3.24 Å². The quantitative estimate of drug-likeness (QED) is 0.175. The molecule has 0 saturated carbocycles. The lowest BCUT2D eigenvalue weighted by atomic mass is 9.81. The van der Waals surface area contributed by atoms with Gasteiger partial charge in [0.05, 0.1) is 5.69 Å². The van der Waals surface area contributed by atoms with E-state index >= 15 is 0 Å². The summed E-state index contributed by atoms with van der Waals surface area (Å²) >= 11 is 0. The van der Waals surface area contributed by atoms with E-state index in [9.17, 15) is 0 Å². The minimum Gasteiger partial charge on any atom is -0.310 e. The number of benzene rings is 8. The molecule has 0 aromatic heterocycles. The zero-order valence-corrected chi connectivity index (χ0v) is 27.2. The molecule has 8 aromatic rings. The Morgan fingerprint density at radius 1 is 0.375 bits per heavy atom. The van der Waals surface area contributed by atoms with E-state index in [4.69, 9.17) is 0 Å². The van der Waals surface area contributed by atoms with Gasteiger partial charge in [-0.05, 0) is 103 Å². The number of fused-ring (bicyclic) bond motifs is 6. The number of para-hydroxylation sites is 2. The molecule has 0 amide bonds. The van der Waals surface area contributed by atoms with Crippen LogP contribution in [0.2, 0.25) is 0 Å². The van der Waals surface area contributed by atoms with Crippen molar-refractivity contribution >= 4 is 38.6 Å². The zero-order valence-electron chi connectivity index (χ0n) is 27.2. The number of anilines is 3. The van der Waals surface area contributed by atoms with E-state index in [-0.39, 0.29) is 5.41 Å². The van der Waals surface area contributed by atoms with E-state index < -0.39 is 0 Å². The molecule has 228 valence electrons. The van der Waals surface area contributed by atoms with E-state index in [1.165, 1.54) is 66.1 Å². The monoisotopic (exact) mass is 613 g/mol. The Morgan fingerprint density at radius 3 is 1.77 bits per heavy atom. The van der Waals surface area contributed by atoms with Gasteiger partial charge in [0.2, 0.25) is 0 Å². The molecular weight excluding hydrogens is 579 g/mol. The van der Waals surface area contributed by atoms with E-state index in [2.05, 4.69) is 195 Å². The van der Waals surface area contributed by atoms with Crippen molar-refractivity contribution in [3.05, 3.63) is 187 Å². The highest BCUT2D eigenvalue weighted by Gasteiger charge is 2.36. The molecule has 0 bridgehead atoms. The van der Waals surface area contributed by atoms with Gasteiger partial charge in [-0.1, -0.05) is 147 Å². The van der Waals surface area contributed by atoms with Gasteiger partial charge in [-0.25, -0.2) is 0 Å². The molecule has 0 radical (unpaired) electrons. The van der Waals surface area contributed by atoms with Crippen LogP contribution in [0.25, 0.3) is 54.9 Å². The van der Waals surface area contributed by atoms with Gasteiger partial charge in [-0.15, -0.1) is 0 Å². The van der Waals surface area contributed by atoms with Gasteiger partial charge in [0.15, 0.2) is 0 Å². The fraction of sp³-hybridized carbons (Fsp3) is 0.0638. The summed E-state index contributed by atoms with van der Waals surface area (Å²) in [5, 5.41) is 5.17. The van der Waals surface area contributed by atoms with E-state index in [1.807, 2.05) is 0 Å². The second kappa shape index (κ2) is 11.1. The Kier molecular flexibility index (Phi) is 6.55. The Labute approximate surface area is 282 Å². The number of hydrogen-bond donors (Lipinski definition) is 0. The SMILES string of the molecule is CC1(C)c2cc(-c3cc4ccccc4c4ccccc34)ccc2-c2ccc(N(c3ccccc3)c3ccccc3-c3ccccc3)cc21. The average molecular weight is 614 g/mol. The van der Waals surface area contributed by atoms with Crippen molar-refractivity contribution < 1.29 is 0 Å². The lowest BCUT2D eigenvalue weighted by molar-refractivity contribution is 0.660. The first-order valence-corrected chi connectivity index (χ1v) is 16.8. The summed E-state index contributed by atoms with van der Waals surface area (Å²) in [6.45, 7) is 4.77. The van der Waals surface area contributed by atoms with Gasteiger partial charge >= 0.3 is 0 Å². The van der Waals surface area contributed by atoms with Gasteiger partial charge < -0.3 is 4.90 Å². The average Bonchev–Trinajstić information content (AvgIpc) is 3.37. The van der Waals surface area contributed by atoms with Crippen LogP contribution in [0.3, 0.4) is 0 Å². The molecule has 0 unspecified atom stereocenters. The van der Waals surface area contributed by atoms with Gasteiger partial charge in [-0.2, -0.15) is 0 Å². The highest BCUT2D eigenvalue weighted by Crippen LogP contribution is 2.52. The lowest BCUT2D eigenvalue weighted by Crippen LogP contribution is -2.17. The summed E-state index contributed by atoms with van der Waals surface area (Å²) in [6, 6.07) is 64.3. The fourth-order valence-corrected chi connectivity index (χ4v) is 7.86. The maximum atomic E-state index is 2.45. The molecule has 1 aliphatic carbocycles. The maximum Gasteiger partial charge on any atom is 0.0540 e. The van der Waals surface area contributed by atoms with Crippen molar-refractivity contribution in [2.45, 2.75) is 19.3 Å². The normalized spacial score (nSPS) is 13.0. The first-order valence-electron chi connectivity index (χ1n) is 16.8. The zero-order chi connectivity index (χ0) is 32.2. The highest BCUT2D eigenvalue weighted by molar-refractivity contribution is 6.14. The second-order valence-electron chi connectivity index (χ2n) is 13.4. The Balaban J connectivity index is 1.19. The van der Waals surface area contributed by atoms with Crippen LogP contribution >= 0.6 is 0 Å². The van der Waals surface area contributed by atoms with E-state index in [1.54, 1.807) is 0 Å². The Hall–Kier alpha value is -5.92.